The van der Waals surface area contributed by atoms with Gasteiger partial charge in [0.2, 0.25) is 23.6 Å². The highest BCUT2D eigenvalue weighted by atomic mass is 16.4. The summed E-state index contributed by atoms with van der Waals surface area (Å²) < 4.78 is 0. The maximum absolute atomic E-state index is 13.0. The maximum Gasteiger partial charge on any atom is 0.322 e. The molecule has 11 heteroatoms. The van der Waals surface area contributed by atoms with Gasteiger partial charge in [-0.3, -0.25) is 24.0 Å². The van der Waals surface area contributed by atoms with Crippen molar-refractivity contribution in [2.75, 3.05) is 13.1 Å². The van der Waals surface area contributed by atoms with Crippen LogP contribution in [-0.2, 0) is 24.0 Å². The first-order chi connectivity index (χ1) is 13.0. The molecule has 0 aromatic carbocycles. The predicted molar refractivity (Wildman–Crippen MR) is 98.6 cm³/mol. The molecule has 3 atom stereocenters. The molecule has 1 rings (SSSR count). The highest BCUT2D eigenvalue weighted by Crippen LogP contribution is 2.20. The van der Waals surface area contributed by atoms with Crippen molar-refractivity contribution >= 4 is 29.6 Å². The number of carbonyl (C=O) groups is 5. The monoisotopic (exact) mass is 399 g/mol. The highest BCUT2D eigenvalue weighted by Gasteiger charge is 2.38. The van der Waals surface area contributed by atoms with Crippen LogP contribution in [0.1, 0.15) is 39.5 Å². The number of nitrogens with two attached hydrogens (primary N) is 2. The molecule has 0 aromatic heterocycles. The first-order valence-corrected chi connectivity index (χ1v) is 9.18. The van der Waals surface area contributed by atoms with E-state index in [1.165, 1.54) is 4.90 Å². The maximum atomic E-state index is 13.0. The third kappa shape index (κ3) is 6.80. The third-order valence-corrected chi connectivity index (χ3v) is 4.57. The molecular weight excluding hydrogens is 370 g/mol. The molecule has 0 aromatic rings. The molecule has 11 nitrogen and oxygen atoms in total. The Balaban J connectivity index is 2.90. The zero-order valence-electron chi connectivity index (χ0n) is 16.1. The van der Waals surface area contributed by atoms with Crippen molar-refractivity contribution in [3.05, 3.63) is 0 Å². The molecule has 1 heterocycles. The first kappa shape index (κ1) is 23.3. The number of nitrogens with zero attached hydrogens (tertiary/aromatic N) is 1. The topological polar surface area (TPSA) is 185 Å². The Morgan fingerprint density at radius 2 is 1.86 bits per heavy atom. The van der Waals surface area contributed by atoms with E-state index >= 15 is 0 Å². The molecule has 0 spiro atoms. The summed E-state index contributed by atoms with van der Waals surface area (Å²) in [6.07, 6.45) is 0.778. The van der Waals surface area contributed by atoms with E-state index in [0.29, 0.717) is 12.8 Å². The van der Waals surface area contributed by atoms with Gasteiger partial charge in [0.1, 0.15) is 18.6 Å². The third-order valence-electron chi connectivity index (χ3n) is 4.57. The summed E-state index contributed by atoms with van der Waals surface area (Å²) in [6.45, 7) is 3.24. The molecule has 28 heavy (non-hydrogen) atoms. The molecule has 0 saturated carbocycles. The lowest BCUT2D eigenvalue weighted by molar-refractivity contribution is -0.143. The molecule has 1 fully saturated rings. The Hall–Kier alpha value is -2.69. The van der Waals surface area contributed by atoms with E-state index in [9.17, 15) is 24.0 Å². The number of carboxylic acids is 1. The predicted octanol–water partition coefficient (Wildman–Crippen LogP) is -2.09. The molecule has 0 unspecified atom stereocenters. The number of hydrogen-bond acceptors (Lipinski definition) is 6. The number of likely N-dealkylation sites (tertiary alicyclic amines) is 1. The summed E-state index contributed by atoms with van der Waals surface area (Å²) in [5.74, 6) is -3.63. The molecule has 1 saturated heterocycles. The van der Waals surface area contributed by atoms with Crippen LogP contribution in [0.4, 0.5) is 0 Å². The van der Waals surface area contributed by atoms with Gasteiger partial charge in [0.05, 0.1) is 6.04 Å². The van der Waals surface area contributed by atoms with Gasteiger partial charge in [0, 0.05) is 13.0 Å². The van der Waals surface area contributed by atoms with Gasteiger partial charge in [-0.1, -0.05) is 13.8 Å². The van der Waals surface area contributed by atoms with Crippen molar-refractivity contribution in [2.24, 2.45) is 17.4 Å². The van der Waals surface area contributed by atoms with Crippen LogP contribution in [0.2, 0.25) is 0 Å². The second-order valence-corrected chi connectivity index (χ2v) is 7.14. The Morgan fingerprint density at radius 1 is 1.21 bits per heavy atom. The van der Waals surface area contributed by atoms with Crippen LogP contribution >= 0.6 is 0 Å². The lowest BCUT2D eigenvalue weighted by Gasteiger charge is -2.29. The minimum Gasteiger partial charge on any atom is -0.480 e. The van der Waals surface area contributed by atoms with E-state index in [4.69, 9.17) is 16.6 Å². The number of carbonyl (C=O) groups excluding carboxylic acids is 4. The van der Waals surface area contributed by atoms with Crippen LogP contribution < -0.4 is 22.1 Å². The second-order valence-electron chi connectivity index (χ2n) is 7.14. The van der Waals surface area contributed by atoms with E-state index < -0.39 is 54.3 Å². The van der Waals surface area contributed by atoms with E-state index in [1.54, 1.807) is 13.8 Å². The van der Waals surface area contributed by atoms with Crippen LogP contribution in [0.5, 0.6) is 0 Å². The van der Waals surface area contributed by atoms with Crippen LogP contribution in [0, 0.1) is 5.92 Å². The van der Waals surface area contributed by atoms with E-state index in [2.05, 4.69) is 10.6 Å². The zero-order valence-corrected chi connectivity index (χ0v) is 16.1. The normalized spacial score (nSPS) is 18.4. The fourth-order valence-electron chi connectivity index (χ4n) is 2.90. The average Bonchev–Trinajstić information content (AvgIpc) is 3.11. The first-order valence-electron chi connectivity index (χ1n) is 9.18. The van der Waals surface area contributed by atoms with Gasteiger partial charge in [0.15, 0.2) is 0 Å². The van der Waals surface area contributed by atoms with Crippen LogP contribution in [-0.4, -0.2) is 70.8 Å². The number of hydrogen-bond donors (Lipinski definition) is 5. The van der Waals surface area contributed by atoms with Crippen molar-refractivity contribution < 1.29 is 29.1 Å². The highest BCUT2D eigenvalue weighted by molar-refractivity contribution is 5.94. The number of carboxylic acid groups (broad SMARTS) is 1. The number of rotatable bonds is 10. The largest absolute Gasteiger partial charge is 0.480 e. The summed E-state index contributed by atoms with van der Waals surface area (Å²) in [5, 5.41) is 13.5. The standard InChI is InChI=1S/C17H29N5O6/c1-9(2)14(19)16(27)21-10(5-6-12(18)23)17(28)22-7-3-4-11(22)15(26)20-8-13(24)25/h9-11,14H,3-8,19H2,1-2H3,(H2,18,23)(H,20,26)(H,21,27)(H,24,25)/t10-,11-,14-/m0/s1. The number of aliphatic carboxylic acids is 1. The fourth-order valence-corrected chi connectivity index (χ4v) is 2.90. The second kappa shape index (κ2) is 10.6. The molecule has 0 aliphatic carbocycles. The molecule has 0 bridgehead atoms. The van der Waals surface area contributed by atoms with Gasteiger partial charge in [-0.15, -0.1) is 0 Å². The zero-order chi connectivity index (χ0) is 21.4. The van der Waals surface area contributed by atoms with Crippen molar-refractivity contribution in [3.63, 3.8) is 0 Å². The Bertz CT molecular complexity index is 623. The van der Waals surface area contributed by atoms with Gasteiger partial charge >= 0.3 is 5.97 Å². The van der Waals surface area contributed by atoms with E-state index in [-0.39, 0.29) is 25.3 Å². The van der Waals surface area contributed by atoms with Gasteiger partial charge in [-0.05, 0) is 25.2 Å². The lowest BCUT2D eigenvalue weighted by atomic mass is 10.0. The summed E-state index contributed by atoms with van der Waals surface area (Å²) in [4.78, 5) is 60.5. The van der Waals surface area contributed by atoms with Crippen molar-refractivity contribution in [3.8, 4) is 0 Å². The molecule has 0 radical (unpaired) electrons. The van der Waals surface area contributed by atoms with Crippen LogP contribution in [0.15, 0.2) is 0 Å². The van der Waals surface area contributed by atoms with Gasteiger partial charge in [-0.25, -0.2) is 0 Å². The van der Waals surface area contributed by atoms with E-state index in [0.717, 1.165) is 0 Å². The quantitative estimate of drug-likeness (QED) is 0.279. The minimum absolute atomic E-state index is 0.0231. The molecule has 7 N–H and O–H groups in total. The van der Waals surface area contributed by atoms with Crippen LogP contribution in [0.25, 0.3) is 0 Å². The molecule has 1 aliphatic rings. The fraction of sp³-hybridized carbons (Fsp3) is 0.706. The summed E-state index contributed by atoms with van der Waals surface area (Å²) in [5.41, 5.74) is 11.0. The average molecular weight is 399 g/mol. The number of nitrogens with one attached hydrogen (secondary N) is 2. The Labute approximate surface area is 163 Å². The molecule has 1 aliphatic heterocycles. The SMILES string of the molecule is CC(C)[C@H](N)C(=O)N[C@@H](CCC(N)=O)C(=O)N1CCC[C@H]1C(=O)NCC(=O)O. The Kier molecular flexibility index (Phi) is 8.83. The van der Waals surface area contributed by atoms with Crippen LogP contribution in [0.3, 0.4) is 0 Å². The molecule has 158 valence electrons. The number of amides is 4. The van der Waals surface area contributed by atoms with Gasteiger partial charge in [0.25, 0.3) is 0 Å². The van der Waals surface area contributed by atoms with E-state index in [1.807, 2.05) is 0 Å². The van der Waals surface area contributed by atoms with Crippen molar-refractivity contribution in [1.82, 2.24) is 15.5 Å². The Morgan fingerprint density at radius 3 is 2.39 bits per heavy atom. The minimum atomic E-state index is -1.20. The molecule has 4 amide bonds. The lowest BCUT2D eigenvalue weighted by Crippen LogP contribution is -2.56. The van der Waals surface area contributed by atoms with Gasteiger partial charge in [-0.2, -0.15) is 0 Å². The smallest absolute Gasteiger partial charge is 0.322 e. The number of primary amides is 1. The summed E-state index contributed by atoms with van der Waals surface area (Å²) in [7, 11) is 0. The summed E-state index contributed by atoms with van der Waals surface area (Å²) in [6, 6.07) is -2.73. The molecular formula is C17H29N5O6. The summed E-state index contributed by atoms with van der Waals surface area (Å²) >= 11 is 0. The van der Waals surface area contributed by atoms with Crippen molar-refractivity contribution in [2.45, 2.75) is 57.7 Å². The van der Waals surface area contributed by atoms with Crippen molar-refractivity contribution in [1.29, 1.82) is 0 Å². The van der Waals surface area contributed by atoms with Gasteiger partial charge < -0.3 is 32.1 Å².